The molecule has 0 atom stereocenters. The minimum absolute atomic E-state index is 0.0464. The molecule has 126 valence electrons. The average Bonchev–Trinajstić information content (AvgIpc) is 2.56. The summed E-state index contributed by atoms with van der Waals surface area (Å²) in [4.78, 5) is 11.8. The van der Waals surface area contributed by atoms with Crippen molar-refractivity contribution in [3.8, 4) is 5.75 Å². The van der Waals surface area contributed by atoms with Crippen LogP contribution >= 0.6 is 0 Å². The molecule has 0 saturated carbocycles. The van der Waals surface area contributed by atoms with Crippen LogP contribution in [-0.2, 0) is 16.4 Å². The van der Waals surface area contributed by atoms with Crippen LogP contribution < -0.4 is 14.8 Å². The summed E-state index contributed by atoms with van der Waals surface area (Å²) in [6.07, 6.45) is 0.749. The van der Waals surface area contributed by atoms with E-state index in [1.54, 1.807) is 30.3 Å². The Kier molecular flexibility index (Phi) is 4.71. The zero-order chi connectivity index (χ0) is 17.0. The Morgan fingerprint density at radius 1 is 1.12 bits per heavy atom. The van der Waals surface area contributed by atoms with E-state index >= 15 is 0 Å². The molecular weight excluding hydrogens is 328 g/mol. The lowest BCUT2D eigenvalue weighted by atomic mass is 10.00. The first kappa shape index (κ1) is 16.3. The highest BCUT2D eigenvalue weighted by molar-refractivity contribution is 7.92. The maximum absolute atomic E-state index is 12.1. The maximum atomic E-state index is 12.1. The third-order valence-corrected chi connectivity index (χ3v) is 4.92. The van der Waals surface area contributed by atoms with Gasteiger partial charge in [0.05, 0.1) is 0 Å². The molecule has 6 nitrogen and oxygen atoms in total. The first-order chi connectivity index (χ1) is 11.5. The lowest BCUT2D eigenvalue weighted by Gasteiger charge is -2.17. The Hall–Kier alpha value is -2.54. The Balaban J connectivity index is 1.62. The van der Waals surface area contributed by atoms with Gasteiger partial charge in [0, 0.05) is 17.8 Å². The molecule has 1 heterocycles. The van der Waals surface area contributed by atoms with Crippen LogP contribution in [0.2, 0.25) is 0 Å². The third kappa shape index (κ3) is 4.05. The minimum atomic E-state index is -3.56. The number of fused-ring (bicyclic) bond motifs is 1. The van der Waals surface area contributed by atoms with Gasteiger partial charge < -0.3 is 10.1 Å². The molecule has 1 amide bonds. The van der Waals surface area contributed by atoms with Crippen molar-refractivity contribution in [1.82, 2.24) is 5.32 Å². The van der Waals surface area contributed by atoms with E-state index in [0.29, 0.717) is 23.5 Å². The number of ether oxygens (including phenoxy) is 1. The first-order valence-electron chi connectivity index (χ1n) is 7.63. The number of amides is 1. The van der Waals surface area contributed by atoms with Crippen LogP contribution in [0.3, 0.4) is 0 Å². The lowest BCUT2D eigenvalue weighted by Crippen LogP contribution is -2.32. The second-order valence-electron chi connectivity index (χ2n) is 5.46. The van der Waals surface area contributed by atoms with Crippen molar-refractivity contribution in [3.05, 3.63) is 59.7 Å². The number of rotatable bonds is 6. The topological polar surface area (TPSA) is 84.5 Å². The van der Waals surface area contributed by atoms with Crippen molar-refractivity contribution in [2.45, 2.75) is 6.42 Å². The van der Waals surface area contributed by atoms with Crippen LogP contribution in [0.5, 0.6) is 5.75 Å². The van der Waals surface area contributed by atoms with Gasteiger partial charge in [-0.25, -0.2) is 8.42 Å². The van der Waals surface area contributed by atoms with Crippen LogP contribution in [0.1, 0.15) is 15.9 Å². The molecule has 0 bridgehead atoms. The van der Waals surface area contributed by atoms with E-state index in [4.69, 9.17) is 4.74 Å². The summed E-state index contributed by atoms with van der Waals surface area (Å²) < 4.78 is 32.2. The Morgan fingerprint density at radius 2 is 1.92 bits per heavy atom. The molecule has 0 saturated heterocycles. The van der Waals surface area contributed by atoms with Gasteiger partial charge >= 0.3 is 0 Å². The maximum Gasteiger partial charge on any atom is 0.251 e. The van der Waals surface area contributed by atoms with Crippen LogP contribution in [0.4, 0.5) is 5.69 Å². The van der Waals surface area contributed by atoms with Crippen molar-refractivity contribution in [1.29, 1.82) is 0 Å². The fraction of sp³-hybridized carbons (Fsp3) is 0.235. The molecule has 2 N–H and O–H groups in total. The number of para-hydroxylation sites is 1. The molecule has 7 heteroatoms. The summed E-state index contributed by atoms with van der Waals surface area (Å²) in [5, 5.41) is 2.74. The van der Waals surface area contributed by atoms with Gasteiger partial charge in [-0.2, -0.15) is 0 Å². The number of nitrogens with one attached hydrogen (secondary N) is 2. The van der Waals surface area contributed by atoms with E-state index in [2.05, 4.69) is 10.0 Å². The van der Waals surface area contributed by atoms with Gasteiger partial charge in [-0.1, -0.05) is 24.3 Å². The fourth-order valence-corrected chi connectivity index (χ4v) is 3.38. The predicted octanol–water partition coefficient (Wildman–Crippen LogP) is 1.79. The van der Waals surface area contributed by atoms with Gasteiger partial charge in [0.2, 0.25) is 10.0 Å². The molecule has 1 aliphatic rings. The molecule has 2 aromatic rings. The number of sulfonamides is 1. The smallest absolute Gasteiger partial charge is 0.251 e. The summed E-state index contributed by atoms with van der Waals surface area (Å²) in [5.41, 5.74) is 1.82. The van der Waals surface area contributed by atoms with Crippen LogP contribution in [-0.4, -0.2) is 33.2 Å². The molecule has 2 aromatic carbocycles. The zero-order valence-corrected chi connectivity index (χ0v) is 13.8. The van der Waals surface area contributed by atoms with E-state index in [0.717, 1.165) is 12.0 Å². The molecule has 0 unspecified atom stereocenters. The molecule has 3 rings (SSSR count). The molecular formula is C17H18N2O4S. The summed E-state index contributed by atoms with van der Waals surface area (Å²) >= 11 is 0. The molecule has 0 fully saturated rings. The molecule has 0 aliphatic carbocycles. The third-order valence-electron chi connectivity index (χ3n) is 3.67. The summed E-state index contributed by atoms with van der Waals surface area (Å²) in [5.74, 6) is 0.272. The monoisotopic (exact) mass is 346 g/mol. The second kappa shape index (κ2) is 6.92. The van der Waals surface area contributed by atoms with Crippen LogP contribution in [0, 0.1) is 0 Å². The minimum Gasteiger partial charge on any atom is -0.492 e. The number of carbonyl (C=O) groups excluding carboxylic acids is 1. The van der Waals surface area contributed by atoms with E-state index in [-0.39, 0.29) is 18.3 Å². The van der Waals surface area contributed by atoms with Gasteiger partial charge in [0.1, 0.15) is 18.1 Å². The van der Waals surface area contributed by atoms with E-state index in [9.17, 15) is 13.2 Å². The average molecular weight is 346 g/mol. The van der Waals surface area contributed by atoms with Crippen molar-refractivity contribution >= 4 is 21.6 Å². The normalized spacial score (nSPS) is 13.8. The highest BCUT2D eigenvalue weighted by Crippen LogP contribution is 2.20. The number of benzene rings is 2. The van der Waals surface area contributed by atoms with Gasteiger partial charge in [0.25, 0.3) is 5.91 Å². The highest BCUT2D eigenvalue weighted by atomic mass is 32.2. The quantitative estimate of drug-likeness (QED) is 0.835. The summed E-state index contributed by atoms with van der Waals surface area (Å²) in [6, 6.07) is 14.1. The van der Waals surface area contributed by atoms with Gasteiger partial charge in [0.15, 0.2) is 0 Å². The highest BCUT2D eigenvalue weighted by Gasteiger charge is 2.18. The largest absolute Gasteiger partial charge is 0.492 e. The van der Waals surface area contributed by atoms with E-state index in [1.807, 2.05) is 18.2 Å². The molecule has 1 aliphatic heterocycles. The lowest BCUT2D eigenvalue weighted by molar-refractivity contribution is 0.0946. The van der Waals surface area contributed by atoms with E-state index < -0.39 is 10.0 Å². The molecule has 24 heavy (non-hydrogen) atoms. The zero-order valence-electron chi connectivity index (χ0n) is 13.0. The number of carbonyl (C=O) groups is 1. The van der Waals surface area contributed by atoms with Gasteiger partial charge in [-0.15, -0.1) is 0 Å². The SMILES string of the molecule is O=C1NCCc2ccc(NS(=O)(=O)CCOc3ccccc3)cc21. The van der Waals surface area contributed by atoms with Crippen molar-refractivity contribution in [2.75, 3.05) is 23.6 Å². The van der Waals surface area contributed by atoms with Crippen molar-refractivity contribution in [3.63, 3.8) is 0 Å². The summed E-state index contributed by atoms with van der Waals surface area (Å²) in [6.45, 7) is 0.651. The molecule has 0 spiro atoms. The van der Waals surface area contributed by atoms with Crippen LogP contribution in [0.15, 0.2) is 48.5 Å². The number of anilines is 1. The van der Waals surface area contributed by atoms with Crippen molar-refractivity contribution in [2.24, 2.45) is 0 Å². The predicted molar refractivity (Wildman–Crippen MR) is 91.8 cm³/mol. The first-order valence-corrected chi connectivity index (χ1v) is 9.28. The molecule has 0 aromatic heterocycles. The Labute approximate surface area is 140 Å². The molecule has 0 radical (unpaired) electrons. The number of hydrogen-bond acceptors (Lipinski definition) is 4. The van der Waals surface area contributed by atoms with Crippen molar-refractivity contribution < 1.29 is 17.9 Å². The Morgan fingerprint density at radius 3 is 2.71 bits per heavy atom. The fourth-order valence-electron chi connectivity index (χ4n) is 2.49. The number of hydrogen-bond donors (Lipinski definition) is 2. The van der Waals surface area contributed by atoms with E-state index in [1.165, 1.54) is 0 Å². The van der Waals surface area contributed by atoms with Crippen LogP contribution in [0.25, 0.3) is 0 Å². The Bertz CT molecular complexity index is 835. The summed E-state index contributed by atoms with van der Waals surface area (Å²) in [7, 11) is -3.56. The van der Waals surface area contributed by atoms with Gasteiger partial charge in [-0.3, -0.25) is 9.52 Å². The van der Waals surface area contributed by atoms with Gasteiger partial charge in [-0.05, 0) is 36.2 Å². The second-order valence-corrected chi connectivity index (χ2v) is 7.30. The standard InChI is InChI=1S/C17H18N2O4S/c20-17-16-12-14(7-6-13(16)8-9-18-17)19-24(21,22)11-10-23-15-4-2-1-3-5-15/h1-7,12,19H,8-11H2,(H,18,20).